The maximum Gasteiger partial charge on any atom is 0.411 e. The maximum atomic E-state index is 13.1. The Kier molecular flexibility index (Phi) is 16.6. The number of aromatic amines is 1. The number of benzene rings is 4. The third-order valence-corrected chi connectivity index (χ3v) is 11.2. The number of likely N-dealkylation sites (tertiary alicyclic amines) is 1. The Hall–Kier alpha value is -6.76. The molecule has 2 heterocycles. The van der Waals surface area contributed by atoms with Crippen LogP contribution in [0.15, 0.2) is 144 Å². The molecule has 5 N–H and O–H groups in total. The van der Waals surface area contributed by atoms with Gasteiger partial charge in [0.15, 0.2) is 0 Å². The molecule has 0 unspecified atom stereocenters. The van der Waals surface area contributed by atoms with E-state index in [1.54, 1.807) is 24.1 Å². The standard InChI is InChI=1S/C51H58N6O6/c1-36(10-9-11-37(2)34-52-30-26-40-19-23-46(58)50-44(40)22-25-48(60)55-50)16-24-47(59)53-35-38-17-20-41(21-18-38)56(3)49(61)29-33-57-31-27-42(28-32-57)63-51(62)54-45-15-8-7-14-43(45)39-12-5-4-6-13-39/h4-15,17-23,25,42,52,58H,1,16,24,26-35H2,2-3H3,(H,53,59)(H,54,62)(H,55,60)/b10-9-,37-11+. The number of phenols is 1. The minimum absolute atomic E-state index is 0.0134. The number of fused-ring (bicyclic) bond motifs is 1. The number of aromatic nitrogens is 1. The predicted molar refractivity (Wildman–Crippen MR) is 252 cm³/mol. The Labute approximate surface area is 369 Å². The van der Waals surface area contributed by atoms with Crippen molar-refractivity contribution in [3.8, 4) is 16.9 Å². The molecule has 1 aliphatic rings. The highest BCUT2D eigenvalue weighted by Crippen LogP contribution is 2.28. The van der Waals surface area contributed by atoms with E-state index in [1.807, 2.05) is 110 Å². The van der Waals surface area contributed by atoms with Crippen molar-refractivity contribution in [2.45, 2.75) is 58.1 Å². The zero-order valence-electron chi connectivity index (χ0n) is 36.2. The third-order valence-electron chi connectivity index (χ3n) is 11.2. The molecule has 0 atom stereocenters. The summed E-state index contributed by atoms with van der Waals surface area (Å²) in [5.41, 5.74) is 7.63. The molecular weight excluding hydrogens is 793 g/mol. The van der Waals surface area contributed by atoms with Crippen LogP contribution in [0.4, 0.5) is 16.2 Å². The Morgan fingerprint density at radius 1 is 0.921 bits per heavy atom. The van der Waals surface area contributed by atoms with E-state index in [0.717, 1.165) is 70.5 Å². The molecule has 1 saturated heterocycles. The van der Waals surface area contributed by atoms with E-state index in [1.165, 1.54) is 6.07 Å². The second-order valence-corrected chi connectivity index (χ2v) is 15.9. The van der Waals surface area contributed by atoms with Crippen molar-refractivity contribution in [1.82, 2.24) is 20.5 Å². The molecule has 3 amide bonds. The number of ether oxygens (including phenoxy) is 1. The van der Waals surface area contributed by atoms with Gasteiger partial charge in [-0.3, -0.25) is 19.7 Å². The summed E-state index contributed by atoms with van der Waals surface area (Å²) in [6.07, 6.45) is 8.63. The fourth-order valence-corrected chi connectivity index (χ4v) is 7.48. The van der Waals surface area contributed by atoms with Gasteiger partial charge in [0.25, 0.3) is 0 Å². The number of allylic oxidation sites excluding steroid dienone is 4. The van der Waals surface area contributed by atoms with Crippen molar-refractivity contribution in [3.05, 3.63) is 161 Å². The summed E-state index contributed by atoms with van der Waals surface area (Å²) < 4.78 is 5.77. The molecule has 328 valence electrons. The fraction of sp³-hybridized carbons (Fsp3) is 0.294. The number of amides is 3. The smallest absolute Gasteiger partial charge is 0.411 e. The number of phenolic OH excluding ortho intramolecular Hbond substituents is 1. The number of para-hydroxylation sites is 1. The summed E-state index contributed by atoms with van der Waals surface area (Å²) >= 11 is 0. The third kappa shape index (κ3) is 13.9. The van der Waals surface area contributed by atoms with Crippen LogP contribution in [0.1, 0.15) is 50.2 Å². The van der Waals surface area contributed by atoms with Crippen LogP contribution in [-0.2, 0) is 27.3 Å². The van der Waals surface area contributed by atoms with Crippen LogP contribution in [0.5, 0.6) is 5.75 Å². The molecule has 0 saturated carbocycles. The first-order valence-electron chi connectivity index (χ1n) is 21.5. The predicted octanol–water partition coefficient (Wildman–Crippen LogP) is 8.25. The summed E-state index contributed by atoms with van der Waals surface area (Å²) in [5.74, 6) is 0.0120. The first kappa shape index (κ1) is 45.8. The lowest BCUT2D eigenvalue weighted by atomic mass is 10.0. The Bertz CT molecular complexity index is 2470. The van der Waals surface area contributed by atoms with Gasteiger partial charge in [-0.25, -0.2) is 4.79 Å². The zero-order valence-corrected chi connectivity index (χ0v) is 36.2. The van der Waals surface area contributed by atoms with Gasteiger partial charge >= 0.3 is 6.09 Å². The second-order valence-electron chi connectivity index (χ2n) is 15.9. The number of H-pyrrole nitrogens is 1. The molecule has 0 radical (unpaired) electrons. The number of aromatic hydroxyl groups is 1. The largest absolute Gasteiger partial charge is 0.506 e. The highest BCUT2D eigenvalue weighted by Gasteiger charge is 2.24. The molecule has 63 heavy (non-hydrogen) atoms. The number of pyridine rings is 1. The summed E-state index contributed by atoms with van der Waals surface area (Å²) in [6, 6.07) is 31.9. The monoisotopic (exact) mass is 850 g/mol. The summed E-state index contributed by atoms with van der Waals surface area (Å²) in [7, 11) is 1.78. The highest BCUT2D eigenvalue weighted by molar-refractivity contribution is 5.93. The van der Waals surface area contributed by atoms with Crippen LogP contribution in [0.25, 0.3) is 22.0 Å². The van der Waals surface area contributed by atoms with Crippen LogP contribution < -0.4 is 26.4 Å². The lowest BCUT2D eigenvalue weighted by Gasteiger charge is -2.31. The maximum absolute atomic E-state index is 13.1. The lowest BCUT2D eigenvalue weighted by molar-refractivity contribution is -0.121. The van der Waals surface area contributed by atoms with Gasteiger partial charge in [0.2, 0.25) is 17.4 Å². The molecule has 12 nitrogen and oxygen atoms in total. The van der Waals surface area contributed by atoms with Crippen LogP contribution in [0, 0.1) is 0 Å². The van der Waals surface area contributed by atoms with Crippen molar-refractivity contribution in [2.75, 3.05) is 50.0 Å². The molecular formula is C51H58N6O6. The number of anilines is 2. The van der Waals surface area contributed by atoms with Crippen LogP contribution in [0.3, 0.4) is 0 Å². The number of carbonyl (C=O) groups is 3. The van der Waals surface area contributed by atoms with E-state index in [4.69, 9.17) is 4.74 Å². The minimum atomic E-state index is -0.462. The number of carbonyl (C=O) groups excluding carboxylic acids is 3. The van der Waals surface area contributed by atoms with Crippen LogP contribution in [-0.4, -0.2) is 78.8 Å². The minimum Gasteiger partial charge on any atom is -0.506 e. The van der Waals surface area contributed by atoms with Gasteiger partial charge < -0.3 is 35.3 Å². The topological polar surface area (TPSA) is 156 Å². The molecule has 1 aliphatic heterocycles. The highest BCUT2D eigenvalue weighted by atomic mass is 16.6. The number of nitrogens with zero attached hydrogens (tertiary/aromatic N) is 2. The van der Waals surface area contributed by atoms with E-state index in [0.29, 0.717) is 62.9 Å². The van der Waals surface area contributed by atoms with Crippen molar-refractivity contribution in [2.24, 2.45) is 0 Å². The number of hydrogen-bond donors (Lipinski definition) is 5. The molecule has 6 rings (SSSR count). The van der Waals surface area contributed by atoms with Gasteiger partial charge in [-0.15, -0.1) is 0 Å². The van der Waals surface area contributed by atoms with Crippen molar-refractivity contribution >= 4 is 40.2 Å². The molecule has 12 heteroatoms. The van der Waals surface area contributed by atoms with Crippen molar-refractivity contribution < 1.29 is 24.2 Å². The fourth-order valence-electron chi connectivity index (χ4n) is 7.48. The van der Waals surface area contributed by atoms with Crippen molar-refractivity contribution in [1.29, 1.82) is 0 Å². The number of rotatable bonds is 19. The SMILES string of the molecule is C=C(/C=C\C=C(/C)CNCCc1ccc(O)c2[nH]c(=O)ccc12)CCC(=O)NCc1ccc(N(C)C(=O)CCN2CCC(OC(=O)Nc3ccccc3-c3ccccc3)CC2)cc1. The van der Waals surface area contributed by atoms with E-state index in [2.05, 4.69) is 32.4 Å². The van der Waals surface area contributed by atoms with Gasteiger partial charge in [0.1, 0.15) is 11.9 Å². The Balaban J connectivity index is 0.822. The summed E-state index contributed by atoms with van der Waals surface area (Å²) in [5, 5.41) is 20.3. The van der Waals surface area contributed by atoms with Crippen LogP contribution >= 0.6 is 0 Å². The van der Waals surface area contributed by atoms with Gasteiger partial charge in [0, 0.05) is 75.3 Å². The molecule has 1 fully saturated rings. The number of hydrogen-bond acceptors (Lipinski definition) is 8. The lowest BCUT2D eigenvalue weighted by Crippen LogP contribution is -2.40. The molecule has 0 bridgehead atoms. The molecule has 1 aromatic heterocycles. The van der Waals surface area contributed by atoms with Crippen molar-refractivity contribution in [3.63, 3.8) is 0 Å². The van der Waals surface area contributed by atoms with Crippen LogP contribution in [0.2, 0.25) is 0 Å². The van der Waals surface area contributed by atoms with Gasteiger partial charge in [-0.1, -0.05) is 103 Å². The van der Waals surface area contributed by atoms with Gasteiger partial charge in [0.05, 0.1) is 11.2 Å². The molecule has 4 aromatic carbocycles. The first-order valence-corrected chi connectivity index (χ1v) is 21.5. The zero-order chi connectivity index (χ0) is 44.6. The van der Waals surface area contributed by atoms with Gasteiger partial charge in [-0.2, -0.15) is 0 Å². The quantitative estimate of drug-likeness (QED) is 0.0411. The Morgan fingerprint density at radius 3 is 2.44 bits per heavy atom. The summed E-state index contributed by atoms with van der Waals surface area (Å²) in [6.45, 7) is 10.1. The molecule has 0 spiro atoms. The van der Waals surface area contributed by atoms with E-state index in [9.17, 15) is 24.3 Å². The van der Waals surface area contributed by atoms with E-state index in [-0.39, 0.29) is 29.2 Å². The number of nitrogens with one attached hydrogen (secondary N) is 4. The molecule has 5 aromatic rings. The normalized spacial score (nSPS) is 13.5. The summed E-state index contributed by atoms with van der Waals surface area (Å²) in [4.78, 5) is 56.8. The average molecular weight is 851 g/mol. The first-order chi connectivity index (χ1) is 30.5. The molecule has 0 aliphatic carbocycles. The number of piperidine rings is 1. The average Bonchev–Trinajstić information content (AvgIpc) is 3.29. The van der Waals surface area contributed by atoms with Gasteiger partial charge in [-0.05, 0) is 86.2 Å². The van der Waals surface area contributed by atoms with E-state index >= 15 is 0 Å². The second kappa shape index (κ2) is 22.9. The Morgan fingerprint density at radius 2 is 1.67 bits per heavy atom. The van der Waals surface area contributed by atoms with E-state index < -0.39 is 6.09 Å².